The molecule has 0 spiro atoms. The van der Waals surface area contributed by atoms with Crippen LogP contribution in [0.5, 0.6) is 5.75 Å². The summed E-state index contributed by atoms with van der Waals surface area (Å²) in [7, 11) is 0. The Bertz CT molecular complexity index is 1360. The molecular weight excluding hydrogens is 406 g/mol. The highest BCUT2D eigenvalue weighted by molar-refractivity contribution is 7.15. The van der Waals surface area contributed by atoms with Gasteiger partial charge in [-0.05, 0) is 42.6 Å². The average molecular weight is 428 g/mol. The van der Waals surface area contributed by atoms with Crippen LogP contribution in [0.25, 0.3) is 27.0 Å². The van der Waals surface area contributed by atoms with Crippen LogP contribution < -0.4 is 10.1 Å². The van der Waals surface area contributed by atoms with Gasteiger partial charge in [-0.3, -0.25) is 9.20 Å². The summed E-state index contributed by atoms with van der Waals surface area (Å²) in [4.78, 5) is 18.4. The number of carbonyl (C=O) groups is 1. The summed E-state index contributed by atoms with van der Waals surface area (Å²) >= 11 is 1.54. The predicted molar refractivity (Wildman–Crippen MR) is 126 cm³/mol. The molecule has 0 aliphatic carbocycles. The number of nitrogens with zero attached hydrogens (tertiary/aromatic N) is 2. The van der Waals surface area contributed by atoms with Gasteiger partial charge in [0.25, 0.3) is 0 Å². The maximum atomic E-state index is 12.8. The Hall–Kier alpha value is -3.64. The molecule has 3 aromatic carbocycles. The van der Waals surface area contributed by atoms with E-state index in [1.54, 1.807) is 0 Å². The molecule has 5 rings (SSSR count). The van der Waals surface area contributed by atoms with Crippen molar-refractivity contribution >= 4 is 38.7 Å². The van der Waals surface area contributed by atoms with Crippen molar-refractivity contribution in [3.8, 4) is 17.0 Å². The van der Waals surface area contributed by atoms with E-state index in [1.807, 2.05) is 89.6 Å². The van der Waals surface area contributed by atoms with E-state index in [1.165, 1.54) is 11.3 Å². The van der Waals surface area contributed by atoms with E-state index in [4.69, 9.17) is 9.72 Å². The summed E-state index contributed by atoms with van der Waals surface area (Å²) in [6.07, 6.45) is 2.27. The summed E-state index contributed by atoms with van der Waals surface area (Å²) in [5.41, 5.74) is 3.65. The fourth-order valence-corrected chi connectivity index (χ4v) is 4.55. The van der Waals surface area contributed by atoms with Crippen molar-refractivity contribution in [3.63, 3.8) is 0 Å². The van der Waals surface area contributed by atoms with Crippen molar-refractivity contribution in [2.45, 2.75) is 13.3 Å². The number of anilines is 1. The molecule has 1 N–H and O–H groups in total. The van der Waals surface area contributed by atoms with Crippen LogP contribution in [-0.2, 0) is 11.2 Å². The third-order valence-corrected chi connectivity index (χ3v) is 6.04. The second-order valence-electron chi connectivity index (χ2n) is 7.21. The number of fused-ring (bicyclic) bond motifs is 2. The van der Waals surface area contributed by atoms with E-state index in [-0.39, 0.29) is 12.3 Å². The minimum atomic E-state index is -0.0487. The molecule has 0 fully saturated rings. The van der Waals surface area contributed by atoms with Crippen LogP contribution in [0.2, 0.25) is 0 Å². The van der Waals surface area contributed by atoms with Crippen LogP contribution in [0.1, 0.15) is 12.6 Å². The Morgan fingerprint density at radius 3 is 2.71 bits per heavy atom. The third kappa shape index (κ3) is 3.90. The molecule has 0 atom stereocenters. The van der Waals surface area contributed by atoms with Gasteiger partial charge in [0.2, 0.25) is 5.91 Å². The second-order valence-corrected chi connectivity index (χ2v) is 8.05. The van der Waals surface area contributed by atoms with E-state index < -0.39 is 0 Å². The lowest BCUT2D eigenvalue weighted by Crippen LogP contribution is -2.15. The first-order valence-electron chi connectivity index (χ1n) is 10.2. The highest BCUT2D eigenvalue weighted by atomic mass is 32.1. The van der Waals surface area contributed by atoms with E-state index in [0.29, 0.717) is 6.61 Å². The number of amides is 1. The molecule has 1 amide bonds. The van der Waals surface area contributed by atoms with Gasteiger partial charge in [-0.15, -0.1) is 11.3 Å². The third-order valence-electron chi connectivity index (χ3n) is 5.15. The zero-order valence-electron chi connectivity index (χ0n) is 17.0. The first-order valence-corrected chi connectivity index (χ1v) is 11.1. The van der Waals surface area contributed by atoms with Crippen LogP contribution in [0, 0.1) is 0 Å². The van der Waals surface area contributed by atoms with Crippen LogP contribution >= 0.6 is 11.3 Å². The fraction of sp³-hybridized carbons (Fsp3) is 0.120. The van der Waals surface area contributed by atoms with Gasteiger partial charge in [0.05, 0.1) is 18.7 Å². The minimum Gasteiger partial charge on any atom is -0.494 e. The molecule has 2 aromatic heterocycles. The minimum absolute atomic E-state index is 0.0487. The lowest BCUT2D eigenvalue weighted by Gasteiger charge is -2.08. The molecule has 0 radical (unpaired) electrons. The largest absolute Gasteiger partial charge is 0.494 e. The standard InChI is InChI=1S/C25H21N3O2S/c1-2-30-20-12-10-18(11-13-20)23-15-28-19(16-31-25(28)27-23)14-24(29)26-22-9-5-7-17-6-3-4-8-21(17)22/h3-13,15-16H,2,14H2,1H3,(H,26,29). The Kier molecular flexibility index (Phi) is 5.14. The lowest BCUT2D eigenvalue weighted by molar-refractivity contribution is -0.115. The van der Waals surface area contributed by atoms with E-state index in [2.05, 4.69) is 5.32 Å². The molecule has 5 aromatic rings. The first-order chi connectivity index (χ1) is 15.2. The Balaban J connectivity index is 1.36. The van der Waals surface area contributed by atoms with Gasteiger partial charge in [0.1, 0.15) is 5.75 Å². The quantitative estimate of drug-likeness (QED) is 0.373. The van der Waals surface area contributed by atoms with Crippen LogP contribution in [-0.4, -0.2) is 21.9 Å². The maximum absolute atomic E-state index is 12.8. The second kappa shape index (κ2) is 8.24. The van der Waals surface area contributed by atoms with E-state index >= 15 is 0 Å². The SMILES string of the molecule is CCOc1ccc(-c2cn3c(CC(=O)Nc4cccc5ccccc45)csc3n2)cc1. The summed E-state index contributed by atoms with van der Waals surface area (Å²) in [5, 5.41) is 7.20. The molecule has 0 bridgehead atoms. The number of imidazole rings is 1. The Morgan fingerprint density at radius 2 is 1.87 bits per heavy atom. The zero-order valence-corrected chi connectivity index (χ0v) is 17.9. The molecule has 154 valence electrons. The predicted octanol–water partition coefficient (Wildman–Crippen LogP) is 5.80. The Labute approximate surface area is 183 Å². The fourth-order valence-electron chi connectivity index (χ4n) is 3.68. The summed E-state index contributed by atoms with van der Waals surface area (Å²) in [6, 6.07) is 21.9. The number of aromatic nitrogens is 2. The topological polar surface area (TPSA) is 55.6 Å². The monoisotopic (exact) mass is 427 g/mol. The maximum Gasteiger partial charge on any atom is 0.230 e. The van der Waals surface area contributed by atoms with Gasteiger partial charge in [0.15, 0.2) is 4.96 Å². The van der Waals surface area contributed by atoms with Gasteiger partial charge >= 0.3 is 0 Å². The number of carbonyl (C=O) groups excluding carboxylic acids is 1. The smallest absolute Gasteiger partial charge is 0.230 e. The van der Waals surface area contributed by atoms with Gasteiger partial charge in [-0.2, -0.15) is 0 Å². The number of ether oxygens (including phenoxy) is 1. The Morgan fingerprint density at radius 1 is 1.06 bits per heavy atom. The van der Waals surface area contributed by atoms with Crippen LogP contribution in [0.4, 0.5) is 5.69 Å². The molecule has 2 heterocycles. The number of hydrogen-bond acceptors (Lipinski definition) is 4. The average Bonchev–Trinajstić information content (AvgIpc) is 3.37. The van der Waals surface area contributed by atoms with Crippen LogP contribution in [0.3, 0.4) is 0 Å². The summed E-state index contributed by atoms with van der Waals surface area (Å²) < 4.78 is 7.51. The highest BCUT2D eigenvalue weighted by Gasteiger charge is 2.13. The summed E-state index contributed by atoms with van der Waals surface area (Å²) in [5.74, 6) is 0.797. The molecule has 0 aliphatic heterocycles. The van der Waals surface area contributed by atoms with E-state index in [9.17, 15) is 4.79 Å². The molecule has 5 nitrogen and oxygen atoms in total. The molecule has 31 heavy (non-hydrogen) atoms. The molecule has 0 saturated carbocycles. The molecule has 0 aliphatic rings. The van der Waals surface area contributed by atoms with Crippen molar-refractivity contribution < 1.29 is 9.53 Å². The molecule has 0 unspecified atom stereocenters. The highest BCUT2D eigenvalue weighted by Crippen LogP contribution is 2.27. The normalized spacial score (nSPS) is 11.1. The lowest BCUT2D eigenvalue weighted by atomic mass is 10.1. The van der Waals surface area contributed by atoms with E-state index in [0.717, 1.165) is 44.1 Å². The van der Waals surface area contributed by atoms with Crippen molar-refractivity contribution in [2.75, 3.05) is 11.9 Å². The first kappa shape index (κ1) is 19.3. The summed E-state index contributed by atoms with van der Waals surface area (Å²) in [6.45, 7) is 2.61. The molecular formula is C25H21N3O2S. The van der Waals surface area contributed by atoms with Gasteiger partial charge in [0, 0.05) is 33.9 Å². The van der Waals surface area contributed by atoms with Crippen molar-refractivity contribution in [1.82, 2.24) is 9.38 Å². The molecule has 6 heteroatoms. The van der Waals surface area contributed by atoms with Gasteiger partial charge in [-0.25, -0.2) is 4.98 Å². The number of benzene rings is 3. The zero-order chi connectivity index (χ0) is 21.2. The van der Waals surface area contributed by atoms with Crippen molar-refractivity contribution in [3.05, 3.63) is 84.0 Å². The van der Waals surface area contributed by atoms with Gasteiger partial charge < -0.3 is 10.1 Å². The molecule has 0 saturated heterocycles. The number of nitrogens with one attached hydrogen (secondary N) is 1. The van der Waals surface area contributed by atoms with Crippen LogP contribution in [0.15, 0.2) is 78.3 Å². The van der Waals surface area contributed by atoms with Gasteiger partial charge in [-0.1, -0.05) is 36.4 Å². The van der Waals surface area contributed by atoms with Crippen molar-refractivity contribution in [1.29, 1.82) is 0 Å². The number of thiazole rings is 1. The van der Waals surface area contributed by atoms with Crippen molar-refractivity contribution in [2.24, 2.45) is 0 Å². The number of rotatable bonds is 6. The number of hydrogen-bond donors (Lipinski definition) is 1.